The van der Waals surface area contributed by atoms with Gasteiger partial charge < -0.3 is 9.47 Å². The van der Waals surface area contributed by atoms with E-state index in [4.69, 9.17) is 9.47 Å². The summed E-state index contributed by atoms with van der Waals surface area (Å²) in [5, 5.41) is 6.69. The van der Waals surface area contributed by atoms with Gasteiger partial charge in [0.1, 0.15) is 11.5 Å². The van der Waals surface area contributed by atoms with E-state index >= 15 is 0 Å². The molecule has 1 aliphatic heterocycles. The number of benzene rings is 3. The topological polar surface area (TPSA) is 18.5 Å². The fraction of sp³-hybridized carbons (Fsp3) is 0.150. The molecule has 0 fully saturated rings. The van der Waals surface area contributed by atoms with Crippen LogP contribution in [0.2, 0.25) is 0 Å². The Morgan fingerprint density at radius 3 is 2.20 bits per heavy atom. The van der Waals surface area contributed by atoms with Gasteiger partial charge in [-0.2, -0.15) is 0 Å². The molecular formula is C40H32O2S4. The molecule has 4 aromatic heterocycles. The minimum absolute atomic E-state index is 0.738. The average Bonchev–Trinajstić information content (AvgIpc) is 3.93. The molecule has 7 aromatic rings. The molecule has 1 atom stereocenters. The van der Waals surface area contributed by atoms with Gasteiger partial charge in [0.2, 0.25) is 0 Å². The molecule has 1 aliphatic rings. The fourth-order valence-corrected chi connectivity index (χ4v) is 9.93. The SMILES string of the molecule is CCCCCOc1ccc(C2(c3ccc(-c4cccs4)s3)C=Cc3c(c(-c4ccc(-c5cccs5)s4)cc4ccccc34)O2)cc1. The Hall–Kier alpha value is -3.94. The van der Waals surface area contributed by atoms with Crippen molar-refractivity contribution in [1.82, 2.24) is 0 Å². The second-order valence-corrected chi connectivity index (χ2v) is 15.5. The molecule has 8 rings (SSSR count). The van der Waals surface area contributed by atoms with E-state index < -0.39 is 5.60 Å². The largest absolute Gasteiger partial charge is 0.494 e. The van der Waals surface area contributed by atoms with Gasteiger partial charge in [0.25, 0.3) is 0 Å². The molecule has 2 nitrogen and oxygen atoms in total. The lowest BCUT2D eigenvalue weighted by Crippen LogP contribution is -2.33. The molecule has 0 saturated heterocycles. The van der Waals surface area contributed by atoms with Crippen LogP contribution in [0.4, 0.5) is 0 Å². The van der Waals surface area contributed by atoms with E-state index in [0.29, 0.717) is 0 Å². The minimum atomic E-state index is -0.793. The van der Waals surface area contributed by atoms with Gasteiger partial charge in [-0.25, -0.2) is 0 Å². The highest BCUT2D eigenvalue weighted by atomic mass is 32.1. The highest BCUT2D eigenvalue weighted by molar-refractivity contribution is 7.23. The maximum absolute atomic E-state index is 7.46. The van der Waals surface area contributed by atoms with E-state index in [1.165, 1.54) is 48.0 Å². The third kappa shape index (κ3) is 5.43. The maximum Gasteiger partial charge on any atom is 0.187 e. The van der Waals surface area contributed by atoms with Crippen molar-refractivity contribution in [3.8, 4) is 41.4 Å². The summed E-state index contributed by atoms with van der Waals surface area (Å²) >= 11 is 7.18. The van der Waals surface area contributed by atoms with Gasteiger partial charge in [-0.05, 0) is 94.7 Å². The summed E-state index contributed by atoms with van der Waals surface area (Å²) in [5.41, 5.74) is 2.54. The summed E-state index contributed by atoms with van der Waals surface area (Å²) < 4.78 is 13.6. The molecule has 0 amide bonds. The molecule has 0 radical (unpaired) electrons. The second kappa shape index (κ2) is 12.7. The standard InChI is InChI=1S/C40H32O2S4/c1-2-3-6-23-41-29-15-13-28(14-16-29)40(38-20-19-37(46-38)35-12-8-25-44-35)22-21-31-30-10-5-4-9-27(30)26-32(39(31)42-40)33-17-18-36(45-33)34-11-7-24-43-34/h4-5,7-22,24-26H,2-3,6,23H2,1H3. The summed E-state index contributed by atoms with van der Waals surface area (Å²) in [6, 6.07) is 37.1. The molecule has 3 aromatic carbocycles. The van der Waals surface area contributed by atoms with E-state index in [-0.39, 0.29) is 0 Å². The molecular weight excluding hydrogens is 641 g/mol. The Labute approximate surface area is 285 Å². The lowest BCUT2D eigenvalue weighted by atomic mass is 9.86. The van der Waals surface area contributed by atoms with Crippen LogP contribution in [0, 0.1) is 0 Å². The Kier molecular flexibility index (Phi) is 8.13. The zero-order valence-corrected chi connectivity index (χ0v) is 28.7. The van der Waals surface area contributed by atoms with Crippen molar-refractivity contribution in [3.05, 3.63) is 136 Å². The number of hydrogen-bond donors (Lipinski definition) is 0. The predicted molar refractivity (Wildman–Crippen MR) is 200 cm³/mol. The van der Waals surface area contributed by atoms with E-state index in [1.54, 1.807) is 34.0 Å². The Balaban J connectivity index is 1.27. The number of unbranched alkanes of at least 4 members (excludes halogenated alkanes) is 2. The number of rotatable bonds is 10. The second-order valence-electron chi connectivity index (χ2n) is 11.4. The van der Waals surface area contributed by atoms with E-state index in [1.807, 2.05) is 11.3 Å². The monoisotopic (exact) mass is 672 g/mol. The van der Waals surface area contributed by atoms with Gasteiger partial charge in [0.15, 0.2) is 5.60 Å². The molecule has 6 heteroatoms. The number of thiophene rings is 4. The molecule has 0 N–H and O–H groups in total. The van der Waals surface area contributed by atoms with Crippen LogP contribution in [0.1, 0.15) is 42.2 Å². The summed E-state index contributed by atoms with van der Waals surface area (Å²) in [6.45, 7) is 2.95. The fourth-order valence-electron chi connectivity index (χ4n) is 6.10. The van der Waals surface area contributed by atoms with Crippen LogP contribution in [0.25, 0.3) is 46.8 Å². The van der Waals surface area contributed by atoms with E-state index in [9.17, 15) is 0 Å². The molecule has 1 unspecified atom stereocenters. The van der Waals surface area contributed by atoms with Crippen molar-refractivity contribution in [1.29, 1.82) is 0 Å². The van der Waals surface area contributed by atoms with Crippen molar-refractivity contribution in [2.45, 2.75) is 31.8 Å². The Morgan fingerprint density at radius 1 is 0.696 bits per heavy atom. The Bertz CT molecular complexity index is 2110. The molecule has 0 bridgehead atoms. The first kappa shape index (κ1) is 29.5. The highest BCUT2D eigenvalue weighted by Crippen LogP contribution is 2.52. The summed E-state index contributed by atoms with van der Waals surface area (Å²) in [4.78, 5) is 7.44. The molecule has 0 spiro atoms. The van der Waals surface area contributed by atoms with Gasteiger partial charge in [0, 0.05) is 41.1 Å². The minimum Gasteiger partial charge on any atom is -0.494 e. The van der Waals surface area contributed by atoms with Gasteiger partial charge in [-0.15, -0.1) is 45.3 Å². The molecule has 5 heterocycles. The van der Waals surface area contributed by atoms with Crippen molar-refractivity contribution in [2.24, 2.45) is 0 Å². The lowest BCUT2D eigenvalue weighted by Gasteiger charge is -2.36. The smallest absolute Gasteiger partial charge is 0.187 e. The predicted octanol–water partition coefficient (Wildman–Crippen LogP) is 13.0. The van der Waals surface area contributed by atoms with Crippen LogP contribution in [-0.4, -0.2) is 6.61 Å². The quantitative estimate of drug-likeness (QED) is 0.135. The first-order valence-electron chi connectivity index (χ1n) is 15.7. The zero-order valence-electron chi connectivity index (χ0n) is 25.4. The number of fused-ring (bicyclic) bond motifs is 3. The first-order chi connectivity index (χ1) is 22.7. The maximum atomic E-state index is 7.46. The van der Waals surface area contributed by atoms with Crippen molar-refractivity contribution in [3.63, 3.8) is 0 Å². The summed E-state index contributed by atoms with van der Waals surface area (Å²) in [6.07, 6.45) is 7.98. The third-order valence-electron chi connectivity index (χ3n) is 8.46. The van der Waals surface area contributed by atoms with Crippen molar-refractivity contribution >= 4 is 62.2 Å². The van der Waals surface area contributed by atoms with Crippen LogP contribution in [0.15, 0.2) is 120 Å². The number of ether oxygens (including phenoxy) is 2. The third-order valence-corrected chi connectivity index (χ3v) is 12.9. The van der Waals surface area contributed by atoms with Gasteiger partial charge in [-0.1, -0.05) is 68.3 Å². The van der Waals surface area contributed by atoms with Crippen LogP contribution in [-0.2, 0) is 5.60 Å². The molecule has 46 heavy (non-hydrogen) atoms. The molecule has 0 saturated carbocycles. The van der Waals surface area contributed by atoms with Crippen molar-refractivity contribution < 1.29 is 9.47 Å². The Morgan fingerprint density at radius 2 is 1.43 bits per heavy atom. The molecule has 228 valence electrons. The van der Waals surface area contributed by atoms with Crippen molar-refractivity contribution in [2.75, 3.05) is 6.61 Å². The lowest BCUT2D eigenvalue weighted by molar-refractivity contribution is 0.166. The first-order valence-corrected chi connectivity index (χ1v) is 19.1. The zero-order chi connectivity index (χ0) is 30.9. The van der Waals surface area contributed by atoms with Crippen LogP contribution in [0.5, 0.6) is 11.5 Å². The summed E-state index contributed by atoms with van der Waals surface area (Å²) in [5.74, 6) is 1.82. The summed E-state index contributed by atoms with van der Waals surface area (Å²) in [7, 11) is 0. The van der Waals surface area contributed by atoms with E-state index in [2.05, 4.69) is 133 Å². The number of hydrogen-bond acceptors (Lipinski definition) is 6. The van der Waals surface area contributed by atoms with Gasteiger partial charge >= 0.3 is 0 Å². The normalized spacial score (nSPS) is 15.6. The van der Waals surface area contributed by atoms with Gasteiger partial charge in [-0.3, -0.25) is 0 Å². The molecule has 0 aliphatic carbocycles. The van der Waals surface area contributed by atoms with Crippen LogP contribution < -0.4 is 9.47 Å². The van der Waals surface area contributed by atoms with E-state index in [0.717, 1.165) is 46.1 Å². The average molecular weight is 673 g/mol. The van der Waals surface area contributed by atoms with Crippen LogP contribution in [0.3, 0.4) is 0 Å². The van der Waals surface area contributed by atoms with Gasteiger partial charge in [0.05, 0.1) is 11.5 Å². The highest BCUT2D eigenvalue weighted by Gasteiger charge is 2.40. The van der Waals surface area contributed by atoms with Crippen LogP contribution >= 0.6 is 45.3 Å².